The molecule has 35 heavy (non-hydrogen) atoms. The number of carbonyl (C=O) groups is 1. The van der Waals surface area contributed by atoms with E-state index in [0.29, 0.717) is 31.0 Å². The molecular weight excluding hydrogens is 482 g/mol. The van der Waals surface area contributed by atoms with E-state index < -0.39 is 15.9 Å². The highest BCUT2D eigenvalue weighted by molar-refractivity contribution is 7.89. The van der Waals surface area contributed by atoms with E-state index in [1.165, 1.54) is 4.88 Å². The Hall–Kier alpha value is -2.45. The Labute approximate surface area is 211 Å². The number of benzene rings is 1. The van der Waals surface area contributed by atoms with Crippen molar-refractivity contribution >= 4 is 33.0 Å². The molecule has 2 aliphatic heterocycles. The summed E-state index contributed by atoms with van der Waals surface area (Å²) in [5.74, 6) is 0.236. The monoisotopic (exact) mass is 515 g/mol. The minimum atomic E-state index is -3.16. The fourth-order valence-electron chi connectivity index (χ4n) is 5.20. The maximum absolute atomic E-state index is 12.3. The van der Waals surface area contributed by atoms with Crippen LogP contribution in [0.15, 0.2) is 23.6 Å². The molecule has 3 heterocycles. The van der Waals surface area contributed by atoms with Gasteiger partial charge in [-0.2, -0.15) is 5.26 Å². The Morgan fingerprint density at radius 2 is 2.03 bits per heavy atom. The predicted octanol–water partition coefficient (Wildman–Crippen LogP) is 3.43. The summed E-state index contributed by atoms with van der Waals surface area (Å²) in [6, 6.07) is 8.37. The smallest absolute Gasteiger partial charge is 0.250 e. The number of nitrogens with one attached hydrogen (secondary N) is 1. The van der Waals surface area contributed by atoms with E-state index in [0.717, 1.165) is 54.9 Å². The van der Waals surface area contributed by atoms with E-state index in [2.05, 4.69) is 33.8 Å². The first-order valence-electron chi connectivity index (χ1n) is 12.1. The normalized spacial score (nSPS) is 18.9. The number of nitriles is 1. The molecule has 0 radical (unpaired) electrons. The minimum absolute atomic E-state index is 0.133. The number of sulfonamides is 1. The van der Waals surface area contributed by atoms with Crippen LogP contribution in [0.25, 0.3) is 11.1 Å². The Morgan fingerprint density at radius 3 is 2.69 bits per heavy atom. The van der Waals surface area contributed by atoms with Gasteiger partial charge in [-0.3, -0.25) is 4.79 Å². The Morgan fingerprint density at radius 1 is 1.29 bits per heavy atom. The summed E-state index contributed by atoms with van der Waals surface area (Å²) in [6.07, 6.45) is 2.11. The molecule has 1 aromatic carbocycles. The molecule has 1 unspecified atom stereocenters. The maximum Gasteiger partial charge on any atom is 0.250 e. The van der Waals surface area contributed by atoms with Gasteiger partial charge in [-0.25, -0.2) is 12.7 Å². The molecule has 1 atom stereocenters. The van der Waals surface area contributed by atoms with Crippen molar-refractivity contribution in [2.75, 3.05) is 44.3 Å². The van der Waals surface area contributed by atoms with Crippen LogP contribution in [0, 0.1) is 17.2 Å². The Bertz CT molecular complexity index is 1230. The number of nitrogens with zero attached hydrogens (tertiary/aromatic N) is 3. The van der Waals surface area contributed by atoms with Gasteiger partial charge in [0.05, 0.1) is 23.1 Å². The van der Waals surface area contributed by atoms with Crippen molar-refractivity contribution in [2.24, 2.45) is 11.7 Å². The summed E-state index contributed by atoms with van der Waals surface area (Å²) in [7, 11) is -1.16. The van der Waals surface area contributed by atoms with Crippen molar-refractivity contribution < 1.29 is 13.2 Å². The lowest BCUT2D eigenvalue weighted by molar-refractivity contribution is 0.100. The summed E-state index contributed by atoms with van der Waals surface area (Å²) in [6.45, 7) is 4.99. The van der Waals surface area contributed by atoms with Crippen LogP contribution in [-0.4, -0.2) is 62.5 Å². The lowest BCUT2D eigenvalue weighted by Crippen LogP contribution is -2.40. The summed E-state index contributed by atoms with van der Waals surface area (Å²) in [5.41, 5.74) is 10.2. The number of nitrogens with two attached hydrogens (primary N) is 1. The first-order chi connectivity index (χ1) is 16.7. The van der Waals surface area contributed by atoms with Crippen molar-refractivity contribution in [1.29, 1.82) is 5.26 Å². The van der Waals surface area contributed by atoms with Gasteiger partial charge >= 0.3 is 0 Å². The van der Waals surface area contributed by atoms with Crippen LogP contribution in [0.5, 0.6) is 0 Å². The number of carbonyl (C=O) groups excluding carboxylic acids is 1. The van der Waals surface area contributed by atoms with Crippen LogP contribution in [0.3, 0.4) is 0 Å². The molecule has 3 N–H and O–H groups in total. The van der Waals surface area contributed by atoms with Crippen molar-refractivity contribution in [3.8, 4) is 17.2 Å². The lowest BCUT2D eigenvalue weighted by Gasteiger charge is -2.34. The molecule has 8 nitrogen and oxygen atoms in total. The fourth-order valence-corrected chi connectivity index (χ4v) is 7.30. The zero-order chi connectivity index (χ0) is 25.2. The van der Waals surface area contributed by atoms with E-state index in [9.17, 15) is 13.2 Å². The second-order valence-electron chi connectivity index (χ2n) is 9.42. The van der Waals surface area contributed by atoms with Gasteiger partial charge < -0.3 is 16.0 Å². The first-order valence-corrected chi connectivity index (χ1v) is 14.5. The lowest BCUT2D eigenvalue weighted by atomic mass is 9.80. The topological polar surface area (TPSA) is 120 Å². The van der Waals surface area contributed by atoms with Crippen LogP contribution >= 0.6 is 11.3 Å². The third-order valence-corrected chi connectivity index (χ3v) is 9.98. The van der Waals surface area contributed by atoms with Gasteiger partial charge in [-0.1, -0.05) is 0 Å². The second-order valence-corrected chi connectivity index (χ2v) is 12.7. The molecule has 1 saturated heterocycles. The van der Waals surface area contributed by atoms with Crippen molar-refractivity contribution in [3.05, 3.63) is 39.6 Å². The standard InChI is InChI=1S/C25H33N5O3S2/c1-3-35(32,33)30-9-5-17(6-10-30)23-14-28-24-21(23)12-18(13-22(24)25(27)31)19-11-20(34-16-19)15-29(2)8-4-7-26/h11-13,16-17,23,28H,3-6,8-10,14-15H2,1-2H3,(H2,27,31). The number of primary amides is 1. The van der Waals surface area contributed by atoms with Crippen LogP contribution in [-0.2, 0) is 16.6 Å². The molecule has 188 valence electrons. The number of hydrogen-bond donors (Lipinski definition) is 2. The maximum atomic E-state index is 12.3. The largest absolute Gasteiger partial charge is 0.384 e. The highest BCUT2D eigenvalue weighted by Crippen LogP contribution is 2.44. The van der Waals surface area contributed by atoms with Crippen LogP contribution in [0.2, 0.25) is 0 Å². The SMILES string of the molecule is CCS(=O)(=O)N1CCC(C2CNc3c(C(N)=O)cc(-c4csc(CN(C)CCC#N)c4)cc32)CC1. The van der Waals surface area contributed by atoms with Crippen LogP contribution in [0.4, 0.5) is 5.69 Å². The number of thiophene rings is 1. The predicted molar refractivity (Wildman–Crippen MR) is 140 cm³/mol. The Kier molecular flexibility index (Phi) is 7.81. The minimum Gasteiger partial charge on any atom is -0.384 e. The van der Waals surface area contributed by atoms with E-state index in [1.807, 2.05) is 13.1 Å². The van der Waals surface area contributed by atoms with Gasteiger partial charge in [0, 0.05) is 49.9 Å². The van der Waals surface area contributed by atoms with E-state index in [-0.39, 0.29) is 11.7 Å². The van der Waals surface area contributed by atoms with E-state index >= 15 is 0 Å². The van der Waals surface area contributed by atoms with Crippen molar-refractivity contribution in [3.63, 3.8) is 0 Å². The number of piperidine rings is 1. The third kappa shape index (κ3) is 5.54. The molecule has 0 saturated carbocycles. The summed E-state index contributed by atoms with van der Waals surface area (Å²) in [5, 5.41) is 14.3. The molecule has 1 aromatic heterocycles. The summed E-state index contributed by atoms with van der Waals surface area (Å²) < 4.78 is 26.1. The molecule has 0 bridgehead atoms. The van der Waals surface area contributed by atoms with Gasteiger partial charge in [0.1, 0.15) is 0 Å². The molecule has 4 rings (SSSR count). The van der Waals surface area contributed by atoms with E-state index in [1.54, 1.807) is 22.6 Å². The average molecular weight is 516 g/mol. The van der Waals surface area contributed by atoms with Crippen molar-refractivity contribution in [2.45, 2.75) is 38.6 Å². The highest BCUT2D eigenvalue weighted by atomic mass is 32.2. The quantitative estimate of drug-likeness (QED) is 0.528. The molecule has 2 aromatic rings. The van der Waals surface area contributed by atoms with Gasteiger partial charge in [0.2, 0.25) is 10.0 Å². The number of hydrogen-bond acceptors (Lipinski definition) is 7. The molecule has 1 amide bonds. The molecule has 2 aliphatic rings. The van der Waals surface area contributed by atoms with Gasteiger partial charge in [0.25, 0.3) is 5.91 Å². The molecule has 0 aliphatic carbocycles. The van der Waals surface area contributed by atoms with Gasteiger partial charge in [-0.15, -0.1) is 11.3 Å². The second kappa shape index (κ2) is 10.7. The van der Waals surface area contributed by atoms with E-state index in [4.69, 9.17) is 11.0 Å². The zero-order valence-corrected chi connectivity index (χ0v) is 21.9. The number of amides is 1. The summed E-state index contributed by atoms with van der Waals surface area (Å²) >= 11 is 1.67. The van der Waals surface area contributed by atoms with Gasteiger partial charge in [0.15, 0.2) is 0 Å². The number of anilines is 1. The highest BCUT2D eigenvalue weighted by Gasteiger charge is 2.36. The van der Waals surface area contributed by atoms with Crippen LogP contribution in [0.1, 0.15) is 52.9 Å². The first kappa shape index (κ1) is 25.6. The zero-order valence-electron chi connectivity index (χ0n) is 20.3. The number of rotatable bonds is 9. The summed E-state index contributed by atoms with van der Waals surface area (Å²) in [4.78, 5) is 15.7. The van der Waals surface area contributed by atoms with Crippen molar-refractivity contribution in [1.82, 2.24) is 9.21 Å². The van der Waals surface area contributed by atoms with Crippen LogP contribution < -0.4 is 11.1 Å². The Balaban J connectivity index is 1.57. The molecule has 1 fully saturated rings. The molecule has 0 spiro atoms. The molecule has 10 heteroatoms. The fraction of sp³-hybridized carbons (Fsp3) is 0.520. The third-order valence-electron chi connectivity index (χ3n) is 7.18. The number of fused-ring (bicyclic) bond motifs is 1. The molecular formula is C25H33N5O3S2. The van der Waals surface area contributed by atoms with Gasteiger partial charge in [-0.05, 0) is 73.0 Å². The average Bonchev–Trinajstić information content (AvgIpc) is 3.49.